The lowest BCUT2D eigenvalue weighted by Crippen LogP contribution is -2.40. The van der Waals surface area contributed by atoms with E-state index in [2.05, 4.69) is 26.6 Å². The predicted octanol–water partition coefficient (Wildman–Crippen LogP) is 2.06. The molecule has 1 saturated carbocycles. The number of nitrogens with one attached hydrogen (secondary N) is 3. The molecule has 2 aromatic rings. The molecule has 0 bridgehead atoms. The van der Waals surface area contributed by atoms with Gasteiger partial charge < -0.3 is 4.90 Å². The van der Waals surface area contributed by atoms with E-state index in [0.29, 0.717) is 6.04 Å². The third kappa shape index (κ3) is 3.28. The molecule has 2 aliphatic rings. The maximum atomic E-state index is 12.7. The lowest BCUT2D eigenvalue weighted by molar-refractivity contribution is 0.175. The second kappa shape index (κ2) is 7.17. The lowest BCUT2D eigenvalue weighted by Gasteiger charge is -2.31. The van der Waals surface area contributed by atoms with Gasteiger partial charge in [0.2, 0.25) is 0 Å². The third-order valence-corrected chi connectivity index (χ3v) is 5.09. The number of nitrogens with zero attached hydrogens (tertiary/aromatic N) is 4. The van der Waals surface area contributed by atoms with Gasteiger partial charge >= 0.3 is 6.03 Å². The van der Waals surface area contributed by atoms with E-state index >= 15 is 0 Å². The summed E-state index contributed by atoms with van der Waals surface area (Å²) in [6.07, 6.45) is 9.26. The maximum absolute atomic E-state index is 12.7. The molecule has 0 atom stereocenters. The van der Waals surface area contributed by atoms with Crippen LogP contribution in [0.5, 0.6) is 0 Å². The molecule has 1 amide bonds. The molecule has 136 valence electrons. The second-order valence-electron chi connectivity index (χ2n) is 6.75. The summed E-state index contributed by atoms with van der Waals surface area (Å²) in [5, 5.41) is 4.07. The van der Waals surface area contributed by atoms with E-state index in [1.54, 1.807) is 17.1 Å². The highest BCUT2D eigenvalue weighted by molar-refractivity contribution is 5.99. The van der Waals surface area contributed by atoms with Crippen LogP contribution in [0.4, 0.5) is 4.79 Å². The van der Waals surface area contributed by atoms with Crippen LogP contribution in [-0.2, 0) is 0 Å². The number of carbonyl (C=O) groups excluding carboxylic acids is 1. The van der Waals surface area contributed by atoms with Crippen LogP contribution in [0.3, 0.4) is 0 Å². The van der Waals surface area contributed by atoms with E-state index in [0.717, 1.165) is 35.5 Å². The van der Waals surface area contributed by atoms with Gasteiger partial charge in [-0.1, -0.05) is 43.5 Å². The molecule has 0 saturated heterocycles. The van der Waals surface area contributed by atoms with Crippen molar-refractivity contribution >= 4 is 11.9 Å². The van der Waals surface area contributed by atoms with E-state index in [1.807, 2.05) is 36.2 Å². The average molecular weight is 353 g/mol. The topological polar surface area (TPSA) is 86.6 Å². The number of carbonyl (C=O) groups is 1. The van der Waals surface area contributed by atoms with Crippen LogP contribution in [0.15, 0.2) is 41.9 Å². The fourth-order valence-electron chi connectivity index (χ4n) is 3.52. The number of hydrogen-bond acceptors (Lipinski definition) is 6. The standard InChI is InChI=1S/C18H23N7O/c1-24(15-5-3-2-4-6-15)18(26)25-11-16(19-12-25)13-7-9-14(10-8-13)17-20-22-23-21-17/h7-12,15,22-23H,2-6H2,1H3,(H,20,21). The van der Waals surface area contributed by atoms with E-state index < -0.39 is 0 Å². The molecule has 1 fully saturated rings. The number of hydrogen-bond donors (Lipinski definition) is 3. The van der Waals surface area contributed by atoms with Crippen LogP contribution in [0.1, 0.15) is 37.7 Å². The van der Waals surface area contributed by atoms with Gasteiger partial charge in [-0.2, -0.15) is 0 Å². The first kappa shape index (κ1) is 16.6. The van der Waals surface area contributed by atoms with Crippen LogP contribution >= 0.6 is 0 Å². The van der Waals surface area contributed by atoms with Crippen molar-refractivity contribution in [1.82, 2.24) is 30.9 Å². The Balaban J connectivity index is 1.47. The summed E-state index contributed by atoms with van der Waals surface area (Å²) < 4.78 is 1.58. The number of aromatic nitrogens is 2. The van der Waals surface area contributed by atoms with Gasteiger partial charge in [-0.15, -0.1) is 10.6 Å². The summed E-state index contributed by atoms with van der Waals surface area (Å²) in [6.45, 7) is 0. The largest absolute Gasteiger partial charge is 0.329 e. The molecule has 8 nitrogen and oxygen atoms in total. The summed E-state index contributed by atoms with van der Waals surface area (Å²) in [6, 6.07) is 8.19. The van der Waals surface area contributed by atoms with Gasteiger partial charge in [0, 0.05) is 30.4 Å². The van der Waals surface area contributed by atoms with Crippen molar-refractivity contribution in [3.05, 3.63) is 42.4 Å². The Hall–Kier alpha value is -2.87. The summed E-state index contributed by atoms with van der Waals surface area (Å²) >= 11 is 0. The molecule has 3 N–H and O–H groups in total. The molecular formula is C18H23N7O. The zero-order valence-corrected chi connectivity index (χ0v) is 14.8. The zero-order chi connectivity index (χ0) is 17.9. The minimum atomic E-state index is -0.0195. The fourth-order valence-corrected chi connectivity index (χ4v) is 3.52. The molecule has 8 heteroatoms. The highest BCUT2D eigenvalue weighted by atomic mass is 16.2. The van der Waals surface area contributed by atoms with E-state index in [4.69, 9.17) is 0 Å². The monoisotopic (exact) mass is 353 g/mol. The molecule has 0 unspecified atom stereocenters. The molecule has 0 radical (unpaired) electrons. The summed E-state index contributed by atoms with van der Waals surface area (Å²) in [5.74, 6) is 0.728. The summed E-state index contributed by atoms with van der Waals surface area (Å²) in [4.78, 5) is 19.0. The zero-order valence-electron chi connectivity index (χ0n) is 14.8. The smallest absolute Gasteiger partial charge is 0.324 e. The number of hydrazone groups is 1. The van der Waals surface area contributed by atoms with Gasteiger partial charge in [-0.05, 0) is 12.8 Å². The Morgan fingerprint density at radius 1 is 1.15 bits per heavy atom. The van der Waals surface area contributed by atoms with Crippen LogP contribution in [0.2, 0.25) is 0 Å². The molecule has 1 aromatic carbocycles. The van der Waals surface area contributed by atoms with Gasteiger partial charge in [0.1, 0.15) is 6.33 Å². The van der Waals surface area contributed by atoms with Crippen molar-refractivity contribution < 1.29 is 4.79 Å². The molecule has 2 heterocycles. The average Bonchev–Trinajstić information content (AvgIpc) is 3.40. The van der Waals surface area contributed by atoms with E-state index in [-0.39, 0.29) is 6.03 Å². The Bertz CT molecular complexity index is 805. The summed E-state index contributed by atoms with van der Waals surface area (Å²) in [7, 11) is 1.89. The van der Waals surface area contributed by atoms with Crippen molar-refractivity contribution in [2.24, 2.45) is 5.10 Å². The molecule has 1 aliphatic carbocycles. The Morgan fingerprint density at radius 3 is 2.58 bits per heavy atom. The highest BCUT2D eigenvalue weighted by Crippen LogP contribution is 2.23. The van der Waals surface area contributed by atoms with Gasteiger partial charge in [0.25, 0.3) is 0 Å². The van der Waals surface area contributed by atoms with Crippen LogP contribution in [-0.4, -0.2) is 39.4 Å². The minimum Gasteiger partial charge on any atom is -0.324 e. The number of imidazole rings is 1. The van der Waals surface area contributed by atoms with Crippen molar-refractivity contribution in [1.29, 1.82) is 0 Å². The van der Waals surface area contributed by atoms with Crippen molar-refractivity contribution in [3.8, 4) is 11.3 Å². The SMILES string of the molecule is CN(C(=O)n1cnc(-c2ccc(C3=NNNN3)cc2)c1)C1CCCCC1. The molecule has 26 heavy (non-hydrogen) atoms. The molecule has 0 spiro atoms. The van der Waals surface area contributed by atoms with Crippen LogP contribution < -0.4 is 16.5 Å². The first-order chi connectivity index (χ1) is 12.7. The Kier molecular flexibility index (Phi) is 4.57. The van der Waals surface area contributed by atoms with Crippen molar-refractivity contribution in [2.75, 3.05) is 7.05 Å². The Morgan fingerprint density at radius 2 is 1.88 bits per heavy atom. The number of hydrazine groups is 2. The van der Waals surface area contributed by atoms with Gasteiger partial charge in [0.05, 0.1) is 5.69 Å². The number of benzene rings is 1. The second-order valence-corrected chi connectivity index (χ2v) is 6.75. The van der Waals surface area contributed by atoms with Gasteiger partial charge in [-0.3, -0.25) is 9.99 Å². The maximum Gasteiger partial charge on any atom is 0.329 e. The van der Waals surface area contributed by atoms with Crippen LogP contribution in [0, 0.1) is 0 Å². The predicted molar refractivity (Wildman–Crippen MR) is 99.0 cm³/mol. The number of amides is 1. The van der Waals surface area contributed by atoms with E-state index in [9.17, 15) is 4.79 Å². The van der Waals surface area contributed by atoms with Gasteiger partial charge in [0.15, 0.2) is 5.84 Å². The number of rotatable bonds is 3. The molecule has 1 aromatic heterocycles. The quantitative estimate of drug-likeness (QED) is 0.786. The van der Waals surface area contributed by atoms with Gasteiger partial charge in [-0.25, -0.2) is 15.3 Å². The van der Waals surface area contributed by atoms with Crippen molar-refractivity contribution in [2.45, 2.75) is 38.1 Å². The minimum absolute atomic E-state index is 0.0195. The fraction of sp³-hybridized carbons (Fsp3) is 0.389. The van der Waals surface area contributed by atoms with Crippen molar-refractivity contribution in [3.63, 3.8) is 0 Å². The summed E-state index contributed by atoms with van der Waals surface area (Å²) in [5.41, 5.74) is 11.0. The molecular weight excluding hydrogens is 330 g/mol. The first-order valence-corrected chi connectivity index (χ1v) is 8.98. The highest BCUT2D eigenvalue weighted by Gasteiger charge is 2.23. The number of amidine groups is 1. The lowest BCUT2D eigenvalue weighted by atomic mass is 9.95. The first-order valence-electron chi connectivity index (χ1n) is 8.98. The van der Waals surface area contributed by atoms with E-state index in [1.165, 1.54) is 19.3 Å². The Labute approximate surface area is 152 Å². The molecule has 1 aliphatic heterocycles. The normalized spacial score (nSPS) is 17.3. The molecule has 4 rings (SSSR count). The van der Waals surface area contributed by atoms with Crippen LogP contribution in [0.25, 0.3) is 11.3 Å². The third-order valence-electron chi connectivity index (χ3n) is 5.09.